The number of nitrogens with one attached hydrogen (secondary N) is 1. The van der Waals surface area contributed by atoms with E-state index in [1.807, 2.05) is 0 Å². The summed E-state index contributed by atoms with van der Waals surface area (Å²) in [6, 6.07) is 0. The monoisotopic (exact) mass is 199 g/mol. The minimum Gasteiger partial charge on any atom is -0.381 e. The Balaban J connectivity index is 1.63. The normalized spacial score (nSPS) is 16.1. The Hall–Kier alpha value is -0.0800. The van der Waals surface area contributed by atoms with Gasteiger partial charge in [0.05, 0.1) is 0 Å². The fraction of sp³-hybridized carbons (Fsp3) is 1.00. The first-order valence-corrected chi connectivity index (χ1v) is 6.22. The standard InChI is InChI=1S/C12H25NO/c1-2-8-13-9-3-4-10-14-11-7-12-5-6-12/h12-13H,2-11H2,1H3. The Bertz CT molecular complexity index is 123. The van der Waals surface area contributed by atoms with Gasteiger partial charge in [0.25, 0.3) is 0 Å². The lowest BCUT2D eigenvalue weighted by atomic mass is 10.3. The molecule has 0 aromatic rings. The van der Waals surface area contributed by atoms with Crippen molar-refractivity contribution in [3.63, 3.8) is 0 Å². The minimum atomic E-state index is 0.959. The molecule has 2 heteroatoms. The molecule has 0 atom stereocenters. The van der Waals surface area contributed by atoms with Crippen molar-refractivity contribution in [3.05, 3.63) is 0 Å². The van der Waals surface area contributed by atoms with Crippen LogP contribution in [-0.2, 0) is 4.74 Å². The number of unbranched alkanes of at least 4 members (excludes halogenated alkanes) is 1. The molecule has 14 heavy (non-hydrogen) atoms. The number of hydrogen-bond donors (Lipinski definition) is 1. The fourth-order valence-corrected chi connectivity index (χ4v) is 1.51. The van der Waals surface area contributed by atoms with Crippen molar-refractivity contribution < 1.29 is 4.74 Å². The van der Waals surface area contributed by atoms with Gasteiger partial charge in [-0.25, -0.2) is 0 Å². The third-order valence-electron chi connectivity index (χ3n) is 2.69. The first-order valence-electron chi connectivity index (χ1n) is 6.22. The minimum absolute atomic E-state index is 0.959. The summed E-state index contributed by atoms with van der Waals surface area (Å²) >= 11 is 0. The van der Waals surface area contributed by atoms with Crippen molar-refractivity contribution in [1.29, 1.82) is 0 Å². The number of hydrogen-bond acceptors (Lipinski definition) is 2. The third kappa shape index (κ3) is 7.34. The van der Waals surface area contributed by atoms with Gasteiger partial charge in [0.15, 0.2) is 0 Å². The van der Waals surface area contributed by atoms with Crippen LogP contribution in [0.1, 0.15) is 45.4 Å². The van der Waals surface area contributed by atoms with E-state index in [0.717, 1.165) is 32.2 Å². The van der Waals surface area contributed by atoms with Crippen molar-refractivity contribution in [2.75, 3.05) is 26.3 Å². The van der Waals surface area contributed by atoms with Crippen LogP contribution in [0.25, 0.3) is 0 Å². The zero-order valence-electron chi connectivity index (χ0n) is 9.56. The van der Waals surface area contributed by atoms with E-state index in [9.17, 15) is 0 Å². The molecule has 0 saturated heterocycles. The Morgan fingerprint density at radius 3 is 2.71 bits per heavy atom. The van der Waals surface area contributed by atoms with Crippen LogP contribution in [0.4, 0.5) is 0 Å². The molecule has 0 aliphatic heterocycles. The highest BCUT2D eigenvalue weighted by Gasteiger charge is 2.20. The van der Waals surface area contributed by atoms with Crippen LogP contribution in [0.15, 0.2) is 0 Å². The summed E-state index contributed by atoms with van der Waals surface area (Å²) in [6.45, 7) is 6.46. The maximum Gasteiger partial charge on any atom is 0.0468 e. The maximum atomic E-state index is 5.56. The third-order valence-corrected chi connectivity index (χ3v) is 2.69. The molecule has 1 saturated carbocycles. The Kier molecular flexibility index (Phi) is 7.06. The molecule has 0 bridgehead atoms. The van der Waals surface area contributed by atoms with E-state index in [-0.39, 0.29) is 0 Å². The smallest absolute Gasteiger partial charge is 0.0468 e. The molecule has 0 heterocycles. The molecule has 1 fully saturated rings. The Labute approximate surface area is 88.4 Å². The van der Waals surface area contributed by atoms with Gasteiger partial charge in [-0.3, -0.25) is 0 Å². The average Bonchev–Trinajstić information content (AvgIpc) is 2.99. The van der Waals surface area contributed by atoms with Crippen LogP contribution in [0.3, 0.4) is 0 Å². The zero-order valence-corrected chi connectivity index (χ0v) is 9.56. The van der Waals surface area contributed by atoms with Gasteiger partial charge in [-0.05, 0) is 44.7 Å². The van der Waals surface area contributed by atoms with Crippen molar-refractivity contribution in [2.24, 2.45) is 5.92 Å². The molecular formula is C12H25NO. The van der Waals surface area contributed by atoms with Gasteiger partial charge in [0, 0.05) is 13.2 Å². The molecule has 0 aromatic heterocycles. The number of ether oxygens (including phenoxy) is 1. The van der Waals surface area contributed by atoms with Crippen molar-refractivity contribution in [2.45, 2.75) is 45.4 Å². The maximum absolute atomic E-state index is 5.56. The van der Waals surface area contributed by atoms with Crippen LogP contribution >= 0.6 is 0 Å². The van der Waals surface area contributed by atoms with Gasteiger partial charge in [-0.1, -0.05) is 19.8 Å². The summed E-state index contributed by atoms with van der Waals surface area (Å²) in [4.78, 5) is 0. The summed E-state index contributed by atoms with van der Waals surface area (Å²) in [5.74, 6) is 1.02. The zero-order chi connectivity index (χ0) is 10.1. The van der Waals surface area contributed by atoms with E-state index in [4.69, 9.17) is 4.74 Å². The SMILES string of the molecule is CCCNCCCCOCCC1CC1. The predicted molar refractivity (Wildman–Crippen MR) is 60.6 cm³/mol. The first-order chi connectivity index (χ1) is 6.93. The van der Waals surface area contributed by atoms with Crippen molar-refractivity contribution >= 4 is 0 Å². The predicted octanol–water partition coefficient (Wildman–Crippen LogP) is 2.58. The molecular weight excluding hydrogens is 174 g/mol. The molecule has 1 N–H and O–H groups in total. The van der Waals surface area contributed by atoms with Gasteiger partial charge >= 0.3 is 0 Å². The van der Waals surface area contributed by atoms with Crippen molar-refractivity contribution in [1.82, 2.24) is 5.32 Å². The van der Waals surface area contributed by atoms with E-state index in [1.54, 1.807) is 0 Å². The van der Waals surface area contributed by atoms with E-state index in [2.05, 4.69) is 12.2 Å². The molecule has 84 valence electrons. The highest BCUT2D eigenvalue weighted by atomic mass is 16.5. The van der Waals surface area contributed by atoms with Gasteiger partial charge < -0.3 is 10.1 Å². The summed E-state index contributed by atoms with van der Waals surface area (Å²) < 4.78 is 5.56. The van der Waals surface area contributed by atoms with Crippen molar-refractivity contribution in [3.8, 4) is 0 Å². The molecule has 2 nitrogen and oxygen atoms in total. The molecule has 0 amide bonds. The molecule has 0 aromatic carbocycles. The summed E-state index contributed by atoms with van der Waals surface area (Å²) in [5, 5.41) is 3.40. The molecule has 1 aliphatic carbocycles. The molecule has 0 unspecified atom stereocenters. The van der Waals surface area contributed by atoms with Crippen LogP contribution in [0, 0.1) is 5.92 Å². The largest absolute Gasteiger partial charge is 0.381 e. The average molecular weight is 199 g/mol. The Morgan fingerprint density at radius 2 is 2.00 bits per heavy atom. The van der Waals surface area contributed by atoms with Gasteiger partial charge in [0.2, 0.25) is 0 Å². The highest BCUT2D eigenvalue weighted by Crippen LogP contribution is 2.32. The topological polar surface area (TPSA) is 21.3 Å². The second-order valence-corrected chi connectivity index (χ2v) is 4.30. The van der Waals surface area contributed by atoms with E-state index >= 15 is 0 Å². The highest BCUT2D eigenvalue weighted by molar-refractivity contribution is 4.72. The molecule has 0 radical (unpaired) electrons. The second kappa shape index (κ2) is 8.25. The fourth-order valence-electron chi connectivity index (χ4n) is 1.51. The van der Waals surface area contributed by atoms with Gasteiger partial charge in [0.1, 0.15) is 0 Å². The molecule has 0 spiro atoms. The quantitative estimate of drug-likeness (QED) is 0.546. The van der Waals surface area contributed by atoms with Gasteiger partial charge in [-0.15, -0.1) is 0 Å². The van der Waals surface area contributed by atoms with Crippen LogP contribution in [-0.4, -0.2) is 26.3 Å². The first kappa shape index (κ1) is 12.0. The van der Waals surface area contributed by atoms with Crippen LogP contribution < -0.4 is 5.32 Å². The van der Waals surface area contributed by atoms with Gasteiger partial charge in [-0.2, -0.15) is 0 Å². The molecule has 1 aliphatic rings. The summed E-state index contributed by atoms with van der Waals surface area (Å²) in [5.41, 5.74) is 0. The van der Waals surface area contributed by atoms with E-state index < -0.39 is 0 Å². The Morgan fingerprint density at radius 1 is 1.14 bits per heavy atom. The summed E-state index contributed by atoms with van der Waals surface area (Å²) in [7, 11) is 0. The van der Waals surface area contributed by atoms with Crippen LogP contribution in [0.5, 0.6) is 0 Å². The number of rotatable bonds is 10. The lowest BCUT2D eigenvalue weighted by Crippen LogP contribution is -2.16. The van der Waals surface area contributed by atoms with Crippen LogP contribution in [0.2, 0.25) is 0 Å². The second-order valence-electron chi connectivity index (χ2n) is 4.30. The summed E-state index contributed by atoms with van der Waals surface area (Å²) in [6.07, 6.45) is 7.89. The van der Waals surface area contributed by atoms with E-state index in [1.165, 1.54) is 38.5 Å². The van der Waals surface area contributed by atoms with E-state index in [0.29, 0.717) is 0 Å². The lowest BCUT2D eigenvalue weighted by molar-refractivity contribution is 0.124. The molecule has 1 rings (SSSR count). The lowest BCUT2D eigenvalue weighted by Gasteiger charge is -2.04.